The van der Waals surface area contributed by atoms with Crippen molar-refractivity contribution in [1.82, 2.24) is 10.3 Å². The molecule has 0 aliphatic carbocycles. The van der Waals surface area contributed by atoms with Crippen LogP contribution < -0.4 is 21.5 Å². The number of nitrogens with one attached hydrogen (secondary N) is 2. The van der Waals surface area contributed by atoms with Crippen LogP contribution in [0.25, 0.3) is 0 Å². The number of nitrogens with two attached hydrogens (primary N) is 1. The summed E-state index contributed by atoms with van der Waals surface area (Å²) in [5.74, 6) is 0.472. The first-order chi connectivity index (χ1) is 17.0. The molecular formula is C27H36N5O3+. The van der Waals surface area contributed by atoms with Crippen LogP contribution in [-0.2, 0) is 11.4 Å². The molecule has 0 aliphatic rings. The van der Waals surface area contributed by atoms with Crippen LogP contribution in [0.5, 0.6) is 5.88 Å². The summed E-state index contributed by atoms with van der Waals surface area (Å²) < 4.78 is 5.77. The molecule has 3 aromatic rings. The molecule has 0 saturated carbocycles. The summed E-state index contributed by atoms with van der Waals surface area (Å²) in [6.07, 6.45) is 2.23. The Balaban J connectivity index is 0.00000145. The topological polar surface area (TPSA) is 149 Å². The molecule has 0 saturated heterocycles. The second kappa shape index (κ2) is 15.9. The van der Waals surface area contributed by atoms with Crippen molar-refractivity contribution >= 4 is 17.7 Å². The summed E-state index contributed by atoms with van der Waals surface area (Å²) >= 11 is 0. The number of hydrogen-bond acceptors (Lipinski definition) is 7. The molecular weight excluding hydrogens is 442 g/mol. The van der Waals surface area contributed by atoms with E-state index in [-0.39, 0.29) is 11.4 Å². The predicted molar refractivity (Wildman–Crippen MR) is 139 cm³/mol. The lowest BCUT2D eigenvalue weighted by atomic mass is 9.91. The number of ether oxygens (including phenoxy) is 1. The molecule has 3 rings (SSSR count). The number of carbonyl (C=O) groups is 1. The quantitative estimate of drug-likeness (QED) is 0.181. The second-order valence-electron chi connectivity index (χ2n) is 6.99. The van der Waals surface area contributed by atoms with Gasteiger partial charge in [-0.3, -0.25) is 10.2 Å². The molecule has 0 aliphatic heterocycles. The highest BCUT2D eigenvalue weighted by Crippen LogP contribution is 2.26. The van der Waals surface area contributed by atoms with Crippen molar-refractivity contribution in [3.8, 4) is 5.88 Å². The van der Waals surface area contributed by atoms with Crippen LogP contribution in [0.3, 0.4) is 0 Å². The number of benzene rings is 2. The van der Waals surface area contributed by atoms with Gasteiger partial charge in [-0.15, -0.1) is 0 Å². The van der Waals surface area contributed by atoms with Crippen LogP contribution in [0, 0.1) is 5.41 Å². The summed E-state index contributed by atoms with van der Waals surface area (Å²) in [5, 5.41) is 18.8. The fourth-order valence-corrected chi connectivity index (χ4v) is 3.28. The van der Waals surface area contributed by atoms with Crippen molar-refractivity contribution in [2.24, 2.45) is 5.73 Å². The van der Waals surface area contributed by atoms with Gasteiger partial charge in [0.25, 0.3) is 0 Å². The van der Waals surface area contributed by atoms with E-state index in [1.54, 1.807) is 19.3 Å². The molecule has 35 heavy (non-hydrogen) atoms. The molecule has 1 aromatic heterocycles. The van der Waals surface area contributed by atoms with Gasteiger partial charge in [0.05, 0.1) is 17.5 Å². The van der Waals surface area contributed by atoms with Gasteiger partial charge in [-0.1, -0.05) is 62.4 Å². The number of aliphatic hydroxyl groups is 1. The van der Waals surface area contributed by atoms with Gasteiger partial charge in [0.1, 0.15) is 12.3 Å². The normalized spacial score (nSPS) is 11.5. The van der Waals surface area contributed by atoms with Gasteiger partial charge in [0, 0.05) is 31.0 Å². The van der Waals surface area contributed by atoms with Gasteiger partial charge in [0.15, 0.2) is 6.29 Å². The molecule has 8 heteroatoms. The minimum absolute atomic E-state index is 0.00147. The average Bonchev–Trinajstić information content (AvgIpc) is 2.93. The molecule has 1 heterocycles. The first-order valence-electron chi connectivity index (χ1n) is 11.2. The SMILES string of the molecule is CC.CNC(/C(C(=N)c1ccccc1)=C(/N)C=O)c1ccc(OCc2cccc([NH3+])c2)nc1.CO. The van der Waals surface area contributed by atoms with Crippen molar-refractivity contribution in [3.05, 3.63) is 101 Å². The number of carbonyl (C=O) groups excluding carboxylic acids is 1. The Labute approximate surface area is 207 Å². The number of pyridine rings is 1. The highest BCUT2D eigenvalue weighted by Gasteiger charge is 2.23. The lowest BCUT2D eigenvalue weighted by Gasteiger charge is -2.22. The van der Waals surface area contributed by atoms with Gasteiger partial charge in [-0.05, 0) is 29.8 Å². The Morgan fingerprint density at radius 1 is 1.14 bits per heavy atom. The Hall–Kier alpha value is -3.85. The van der Waals surface area contributed by atoms with Crippen molar-refractivity contribution < 1.29 is 20.4 Å². The van der Waals surface area contributed by atoms with Gasteiger partial charge in [-0.25, -0.2) is 4.98 Å². The molecule has 8 N–H and O–H groups in total. The monoisotopic (exact) mass is 478 g/mol. The third-order valence-corrected chi connectivity index (χ3v) is 4.82. The van der Waals surface area contributed by atoms with Gasteiger partial charge in [-0.2, -0.15) is 0 Å². The summed E-state index contributed by atoms with van der Waals surface area (Å²) in [6, 6.07) is 20.1. The number of nitrogens with zero attached hydrogens (tertiary/aromatic N) is 1. The first kappa shape index (κ1) is 29.2. The number of aliphatic hydroxyl groups excluding tert-OH is 1. The highest BCUT2D eigenvalue weighted by molar-refractivity contribution is 6.13. The molecule has 0 spiro atoms. The first-order valence-corrected chi connectivity index (χ1v) is 11.2. The number of allylic oxidation sites excluding steroid dienone is 1. The van der Waals surface area contributed by atoms with Gasteiger partial charge in [0.2, 0.25) is 5.88 Å². The molecule has 1 atom stereocenters. The molecule has 1 unspecified atom stereocenters. The van der Waals surface area contributed by atoms with E-state index in [9.17, 15) is 4.79 Å². The molecule has 8 nitrogen and oxygen atoms in total. The Morgan fingerprint density at radius 3 is 2.37 bits per heavy atom. The van der Waals surface area contributed by atoms with Crippen molar-refractivity contribution in [2.75, 3.05) is 14.2 Å². The molecule has 0 radical (unpaired) electrons. The minimum atomic E-state index is -0.484. The maximum atomic E-state index is 11.5. The number of aromatic nitrogens is 1. The van der Waals surface area contributed by atoms with Crippen LogP contribution >= 0.6 is 0 Å². The van der Waals surface area contributed by atoms with Crippen LogP contribution in [-0.4, -0.2) is 36.2 Å². The van der Waals surface area contributed by atoms with Crippen molar-refractivity contribution in [3.63, 3.8) is 0 Å². The summed E-state index contributed by atoms with van der Waals surface area (Å²) in [6.45, 7) is 4.38. The largest absolute Gasteiger partial charge is 0.473 e. The van der Waals surface area contributed by atoms with Crippen LogP contribution in [0.15, 0.2) is 84.2 Å². The van der Waals surface area contributed by atoms with Crippen LogP contribution in [0.4, 0.5) is 5.69 Å². The third-order valence-electron chi connectivity index (χ3n) is 4.82. The molecule has 186 valence electrons. The lowest BCUT2D eigenvalue weighted by Crippen LogP contribution is -2.40. The maximum absolute atomic E-state index is 11.5. The molecule has 0 amide bonds. The Kier molecular flexibility index (Phi) is 13.3. The molecule has 2 aromatic carbocycles. The Bertz CT molecular complexity index is 1080. The fourth-order valence-electron chi connectivity index (χ4n) is 3.28. The summed E-state index contributed by atoms with van der Waals surface area (Å²) in [5.41, 5.74) is 13.9. The third kappa shape index (κ3) is 8.46. The van der Waals surface area contributed by atoms with E-state index in [4.69, 9.17) is 21.0 Å². The predicted octanol–water partition coefficient (Wildman–Crippen LogP) is 2.91. The summed E-state index contributed by atoms with van der Waals surface area (Å²) in [4.78, 5) is 15.9. The van der Waals surface area contributed by atoms with Crippen LogP contribution in [0.2, 0.25) is 0 Å². The number of aldehydes is 1. The van der Waals surface area contributed by atoms with E-state index in [0.717, 1.165) is 23.9 Å². The maximum Gasteiger partial charge on any atom is 0.213 e. The zero-order valence-electron chi connectivity index (χ0n) is 20.8. The van der Waals surface area contributed by atoms with E-state index in [1.807, 2.05) is 74.5 Å². The zero-order valence-corrected chi connectivity index (χ0v) is 20.8. The standard InChI is InChI=1S/C24H25N5O2.C2H6.CH4O/c1-28-24(22(20(26)14-30)23(27)17-7-3-2-4-8-17)18-10-11-21(29-13-18)31-15-16-6-5-9-19(25)12-16;2*1-2/h2-14,24,27-28H,15,25-26H2,1H3;1-2H3;2H,1H3/p+1/b22-20+,27-23?;;. The summed E-state index contributed by atoms with van der Waals surface area (Å²) in [7, 11) is 2.75. The average molecular weight is 479 g/mol. The second-order valence-corrected chi connectivity index (χ2v) is 6.99. The van der Waals surface area contributed by atoms with Crippen molar-refractivity contribution in [1.29, 1.82) is 5.41 Å². The number of rotatable bonds is 9. The van der Waals surface area contributed by atoms with Gasteiger partial charge < -0.3 is 26.6 Å². The lowest BCUT2D eigenvalue weighted by molar-refractivity contribution is -0.254. The minimum Gasteiger partial charge on any atom is -0.473 e. The van der Waals surface area contributed by atoms with E-state index in [1.165, 1.54) is 0 Å². The van der Waals surface area contributed by atoms with E-state index in [2.05, 4.69) is 16.0 Å². The van der Waals surface area contributed by atoms with Crippen LogP contribution in [0.1, 0.15) is 36.6 Å². The van der Waals surface area contributed by atoms with E-state index < -0.39 is 6.04 Å². The zero-order chi connectivity index (χ0) is 26.2. The van der Waals surface area contributed by atoms with Gasteiger partial charge >= 0.3 is 0 Å². The van der Waals surface area contributed by atoms with Crippen molar-refractivity contribution in [2.45, 2.75) is 26.5 Å². The Morgan fingerprint density at radius 2 is 1.83 bits per heavy atom. The highest BCUT2D eigenvalue weighted by atomic mass is 16.5. The van der Waals surface area contributed by atoms with E-state index >= 15 is 0 Å². The number of quaternary nitrogens is 1. The van der Waals surface area contributed by atoms with E-state index in [0.29, 0.717) is 29.9 Å². The number of likely N-dealkylation sites (N-methyl/N-ethyl adjacent to an activating group) is 1. The molecule has 0 bridgehead atoms. The smallest absolute Gasteiger partial charge is 0.213 e. The molecule has 0 fully saturated rings. The fraction of sp³-hybridized carbons (Fsp3) is 0.222. The number of hydrogen-bond donors (Lipinski definition) is 5.